The summed E-state index contributed by atoms with van der Waals surface area (Å²) >= 11 is 0. The lowest BCUT2D eigenvalue weighted by molar-refractivity contribution is 0.884. The van der Waals surface area contributed by atoms with Gasteiger partial charge in [0.2, 0.25) is 0 Å². The number of pyridine rings is 1. The first-order chi connectivity index (χ1) is 6.30. The molecule has 1 rings (SSSR count). The van der Waals surface area contributed by atoms with Gasteiger partial charge in [-0.05, 0) is 37.0 Å². The molecule has 0 aromatic carbocycles. The maximum Gasteiger partial charge on any atom is 0.0406 e. The summed E-state index contributed by atoms with van der Waals surface area (Å²) in [6.07, 6.45) is 4.49. The van der Waals surface area contributed by atoms with Gasteiger partial charge < -0.3 is 0 Å². The molecule has 1 nitrogen and oxygen atoms in total. The Morgan fingerprint density at radius 1 is 1.00 bits per heavy atom. The number of hydrogen-bond acceptors (Lipinski definition) is 1. The standard InChI is InChI=1S/C12H19N/c1-4-7-10-8-11(5-2)13-12(6-3)9-10/h8-9H,4-7H2,1-3H3. The maximum atomic E-state index is 4.55. The van der Waals surface area contributed by atoms with E-state index in [0.29, 0.717) is 0 Å². The molecule has 0 amide bonds. The minimum absolute atomic E-state index is 1.05. The van der Waals surface area contributed by atoms with E-state index in [2.05, 4.69) is 37.9 Å². The van der Waals surface area contributed by atoms with Crippen molar-refractivity contribution in [1.29, 1.82) is 0 Å². The molecule has 0 unspecified atom stereocenters. The van der Waals surface area contributed by atoms with Gasteiger partial charge in [0.15, 0.2) is 0 Å². The first-order valence-corrected chi connectivity index (χ1v) is 5.28. The molecule has 0 N–H and O–H groups in total. The average Bonchev–Trinajstić information content (AvgIpc) is 2.17. The molecule has 0 aliphatic rings. The predicted octanol–water partition coefficient (Wildman–Crippen LogP) is 3.16. The van der Waals surface area contributed by atoms with Gasteiger partial charge in [0.05, 0.1) is 0 Å². The molecule has 13 heavy (non-hydrogen) atoms. The SMILES string of the molecule is CCCc1cc(CC)nc(CC)c1. The predicted molar refractivity (Wildman–Crippen MR) is 57.0 cm³/mol. The summed E-state index contributed by atoms with van der Waals surface area (Å²) in [5.74, 6) is 0. The fourth-order valence-corrected chi connectivity index (χ4v) is 1.51. The summed E-state index contributed by atoms with van der Waals surface area (Å²) in [5.41, 5.74) is 3.93. The second kappa shape index (κ2) is 5.00. The molecule has 0 radical (unpaired) electrons. The highest BCUT2D eigenvalue weighted by atomic mass is 14.7. The molecule has 0 aliphatic carbocycles. The van der Waals surface area contributed by atoms with E-state index in [-0.39, 0.29) is 0 Å². The number of aryl methyl sites for hydroxylation is 3. The van der Waals surface area contributed by atoms with Crippen LogP contribution in [0.15, 0.2) is 12.1 Å². The fourth-order valence-electron chi connectivity index (χ4n) is 1.51. The van der Waals surface area contributed by atoms with Gasteiger partial charge in [0, 0.05) is 11.4 Å². The summed E-state index contributed by atoms with van der Waals surface area (Å²) in [6.45, 7) is 6.55. The van der Waals surface area contributed by atoms with E-state index in [1.807, 2.05) is 0 Å². The molecule has 0 fully saturated rings. The van der Waals surface area contributed by atoms with Crippen LogP contribution in [0.4, 0.5) is 0 Å². The molecule has 0 saturated carbocycles. The van der Waals surface area contributed by atoms with E-state index in [4.69, 9.17) is 0 Å². The van der Waals surface area contributed by atoms with Crippen molar-refractivity contribution < 1.29 is 0 Å². The van der Waals surface area contributed by atoms with Crippen molar-refractivity contribution in [3.63, 3.8) is 0 Å². The lowest BCUT2D eigenvalue weighted by atomic mass is 10.1. The van der Waals surface area contributed by atoms with Gasteiger partial charge >= 0.3 is 0 Å². The Kier molecular flexibility index (Phi) is 3.94. The zero-order chi connectivity index (χ0) is 9.68. The average molecular weight is 177 g/mol. The van der Waals surface area contributed by atoms with Crippen molar-refractivity contribution in [1.82, 2.24) is 4.98 Å². The molecule has 1 heteroatoms. The summed E-state index contributed by atoms with van der Waals surface area (Å²) in [6, 6.07) is 4.48. The highest BCUT2D eigenvalue weighted by Gasteiger charge is 1.99. The molecular formula is C12H19N. The van der Waals surface area contributed by atoms with Crippen molar-refractivity contribution in [2.45, 2.75) is 46.5 Å². The topological polar surface area (TPSA) is 12.9 Å². The Balaban J connectivity index is 2.93. The van der Waals surface area contributed by atoms with Crippen LogP contribution in [0.5, 0.6) is 0 Å². The highest BCUT2D eigenvalue weighted by Crippen LogP contribution is 2.09. The van der Waals surface area contributed by atoms with Crippen molar-refractivity contribution in [2.75, 3.05) is 0 Å². The van der Waals surface area contributed by atoms with Crippen LogP contribution in [-0.4, -0.2) is 4.98 Å². The molecule has 0 bridgehead atoms. The Bertz CT molecular complexity index is 244. The fraction of sp³-hybridized carbons (Fsp3) is 0.583. The summed E-state index contributed by atoms with van der Waals surface area (Å²) < 4.78 is 0. The van der Waals surface area contributed by atoms with Gasteiger partial charge in [-0.25, -0.2) is 0 Å². The van der Waals surface area contributed by atoms with Gasteiger partial charge in [0.25, 0.3) is 0 Å². The molecular weight excluding hydrogens is 158 g/mol. The van der Waals surface area contributed by atoms with Crippen molar-refractivity contribution in [2.24, 2.45) is 0 Å². The number of rotatable bonds is 4. The lowest BCUT2D eigenvalue weighted by Gasteiger charge is -2.05. The Hall–Kier alpha value is -0.850. The summed E-state index contributed by atoms with van der Waals surface area (Å²) in [5, 5.41) is 0. The van der Waals surface area contributed by atoms with Crippen LogP contribution in [-0.2, 0) is 19.3 Å². The summed E-state index contributed by atoms with van der Waals surface area (Å²) in [7, 11) is 0. The first kappa shape index (κ1) is 10.2. The third-order valence-corrected chi connectivity index (χ3v) is 2.25. The third-order valence-electron chi connectivity index (χ3n) is 2.25. The maximum absolute atomic E-state index is 4.55. The van der Waals surface area contributed by atoms with E-state index < -0.39 is 0 Å². The van der Waals surface area contributed by atoms with Crippen molar-refractivity contribution >= 4 is 0 Å². The molecule has 1 aromatic heterocycles. The number of hydrogen-bond donors (Lipinski definition) is 0. The van der Waals surface area contributed by atoms with Crippen molar-refractivity contribution in [3.05, 3.63) is 29.1 Å². The van der Waals surface area contributed by atoms with Gasteiger partial charge in [-0.15, -0.1) is 0 Å². The second-order valence-electron chi connectivity index (χ2n) is 3.42. The zero-order valence-electron chi connectivity index (χ0n) is 8.93. The van der Waals surface area contributed by atoms with Gasteiger partial charge in [0.1, 0.15) is 0 Å². The first-order valence-electron chi connectivity index (χ1n) is 5.28. The van der Waals surface area contributed by atoms with Crippen LogP contribution in [0.25, 0.3) is 0 Å². The molecule has 0 spiro atoms. The van der Waals surface area contributed by atoms with Crippen LogP contribution >= 0.6 is 0 Å². The second-order valence-corrected chi connectivity index (χ2v) is 3.42. The molecule has 1 aromatic rings. The monoisotopic (exact) mass is 177 g/mol. The van der Waals surface area contributed by atoms with Crippen LogP contribution in [0.2, 0.25) is 0 Å². The Morgan fingerprint density at radius 3 is 1.92 bits per heavy atom. The zero-order valence-corrected chi connectivity index (χ0v) is 8.93. The Morgan fingerprint density at radius 2 is 1.54 bits per heavy atom. The van der Waals surface area contributed by atoms with Crippen LogP contribution in [0.1, 0.15) is 44.1 Å². The van der Waals surface area contributed by atoms with E-state index in [1.54, 1.807) is 0 Å². The molecule has 1 heterocycles. The lowest BCUT2D eigenvalue weighted by Crippen LogP contribution is -1.96. The number of nitrogens with zero attached hydrogens (tertiary/aromatic N) is 1. The normalized spacial score (nSPS) is 10.4. The van der Waals surface area contributed by atoms with Crippen LogP contribution in [0, 0.1) is 0 Å². The summed E-state index contributed by atoms with van der Waals surface area (Å²) in [4.78, 5) is 4.55. The van der Waals surface area contributed by atoms with Gasteiger partial charge in [-0.2, -0.15) is 0 Å². The number of aromatic nitrogens is 1. The van der Waals surface area contributed by atoms with Gasteiger partial charge in [-0.1, -0.05) is 27.2 Å². The quantitative estimate of drug-likeness (QED) is 0.688. The van der Waals surface area contributed by atoms with E-state index in [1.165, 1.54) is 29.8 Å². The van der Waals surface area contributed by atoms with Crippen LogP contribution < -0.4 is 0 Å². The minimum atomic E-state index is 1.05. The van der Waals surface area contributed by atoms with E-state index >= 15 is 0 Å². The van der Waals surface area contributed by atoms with E-state index in [9.17, 15) is 0 Å². The Labute approximate surface area is 81.2 Å². The third kappa shape index (κ3) is 2.83. The van der Waals surface area contributed by atoms with Crippen LogP contribution in [0.3, 0.4) is 0 Å². The van der Waals surface area contributed by atoms with Gasteiger partial charge in [-0.3, -0.25) is 4.98 Å². The minimum Gasteiger partial charge on any atom is -0.258 e. The highest BCUT2D eigenvalue weighted by molar-refractivity contribution is 5.21. The van der Waals surface area contributed by atoms with Crippen molar-refractivity contribution in [3.8, 4) is 0 Å². The molecule has 0 saturated heterocycles. The largest absolute Gasteiger partial charge is 0.258 e. The molecule has 0 atom stereocenters. The van der Waals surface area contributed by atoms with E-state index in [0.717, 1.165) is 12.8 Å². The molecule has 72 valence electrons. The smallest absolute Gasteiger partial charge is 0.0406 e. The molecule has 0 aliphatic heterocycles.